The number of hydrogen-bond acceptors (Lipinski definition) is 4. The summed E-state index contributed by atoms with van der Waals surface area (Å²) in [4.78, 5) is 0. The van der Waals surface area contributed by atoms with Crippen molar-refractivity contribution in [1.82, 2.24) is 0 Å². The normalized spacial score (nSPS) is 11.3. The average Bonchev–Trinajstić information content (AvgIpc) is 2.70. The molecule has 0 radical (unpaired) electrons. The highest BCUT2D eigenvalue weighted by molar-refractivity contribution is 5.54. The lowest BCUT2D eigenvalue weighted by Gasteiger charge is -2.22. The molecule has 0 spiro atoms. The van der Waals surface area contributed by atoms with Crippen LogP contribution < -0.4 is 0 Å². The Hall–Kier alpha value is -2.36. The van der Waals surface area contributed by atoms with E-state index in [2.05, 4.69) is 6.92 Å². The Morgan fingerprint density at radius 1 is 0.567 bits per heavy atom. The molecule has 0 atom stereocenters. The zero-order chi connectivity index (χ0) is 22.1. The molecule has 0 heterocycles. The van der Waals surface area contributed by atoms with E-state index in [1.807, 2.05) is 0 Å². The maximum atomic E-state index is 10.6. The van der Waals surface area contributed by atoms with E-state index in [1.165, 1.54) is 44.9 Å². The van der Waals surface area contributed by atoms with Gasteiger partial charge < -0.3 is 20.4 Å². The van der Waals surface area contributed by atoms with Gasteiger partial charge in [0.25, 0.3) is 0 Å². The number of unbranched alkanes of at least 4 members (excludes halogenated alkanes) is 8. The summed E-state index contributed by atoms with van der Waals surface area (Å²) < 4.78 is 0. The number of rotatable bonds is 12. The van der Waals surface area contributed by atoms with Gasteiger partial charge in [-0.25, -0.2) is 0 Å². The van der Waals surface area contributed by atoms with E-state index >= 15 is 0 Å². The molecule has 0 amide bonds. The van der Waals surface area contributed by atoms with Crippen LogP contribution in [0.3, 0.4) is 0 Å². The van der Waals surface area contributed by atoms with Crippen molar-refractivity contribution in [3.8, 4) is 23.0 Å². The van der Waals surface area contributed by atoms with Gasteiger partial charge in [-0.05, 0) is 55.7 Å². The second kappa shape index (κ2) is 11.7. The van der Waals surface area contributed by atoms with E-state index in [1.54, 1.807) is 38.1 Å². The lowest BCUT2D eigenvalue weighted by molar-refractivity contribution is 0.432. The summed E-state index contributed by atoms with van der Waals surface area (Å²) in [6, 6.07) is 6.27. The molecule has 166 valence electrons. The number of phenolic OH excluding ortho intramolecular Hbond substituents is 4. The molecule has 30 heavy (non-hydrogen) atoms. The van der Waals surface area contributed by atoms with Crippen LogP contribution in [0.5, 0.6) is 23.0 Å². The summed E-state index contributed by atoms with van der Waals surface area (Å²) >= 11 is 0. The Kier molecular flexibility index (Phi) is 9.35. The van der Waals surface area contributed by atoms with Crippen molar-refractivity contribution in [3.63, 3.8) is 0 Å². The lowest BCUT2D eigenvalue weighted by atomic mass is 9.84. The van der Waals surface area contributed by atoms with E-state index in [-0.39, 0.29) is 28.9 Å². The molecule has 0 aliphatic heterocycles. The highest BCUT2D eigenvalue weighted by atomic mass is 16.3. The van der Waals surface area contributed by atoms with E-state index in [0.29, 0.717) is 22.3 Å². The van der Waals surface area contributed by atoms with Crippen LogP contribution >= 0.6 is 0 Å². The van der Waals surface area contributed by atoms with E-state index in [4.69, 9.17) is 0 Å². The fraction of sp³-hybridized carbons (Fsp3) is 0.538. The van der Waals surface area contributed by atoms with Crippen molar-refractivity contribution in [2.45, 2.75) is 90.9 Å². The van der Waals surface area contributed by atoms with Crippen molar-refractivity contribution in [2.75, 3.05) is 0 Å². The molecule has 0 saturated heterocycles. The maximum absolute atomic E-state index is 10.6. The molecule has 0 saturated carbocycles. The van der Waals surface area contributed by atoms with Crippen molar-refractivity contribution >= 4 is 0 Å². The number of phenols is 4. The first kappa shape index (κ1) is 23.9. The number of benzene rings is 2. The third kappa shape index (κ3) is 6.58. The van der Waals surface area contributed by atoms with Crippen molar-refractivity contribution in [1.29, 1.82) is 0 Å². The zero-order valence-electron chi connectivity index (χ0n) is 18.7. The second-order valence-corrected chi connectivity index (χ2v) is 8.56. The first-order chi connectivity index (χ1) is 14.3. The van der Waals surface area contributed by atoms with E-state index in [0.717, 1.165) is 19.3 Å². The van der Waals surface area contributed by atoms with Gasteiger partial charge in [0.2, 0.25) is 0 Å². The molecule has 0 aliphatic rings. The quantitative estimate of drug-likeness (QED) is 0.219. The highest BCUT2D eigenvalue weighted by Gasteiger charge is 2.23. The van der Waals surface area contributed by atoms with Crippen LogP contribution in [0.2, 0.25) is 0 Å². The van der Waals surface area contributed by atoms with Crippen LogP contribution in [0.4, 0.5) is 0 Å². The van der Waals surface area contributed by atoms with Gasteiger partial charge >= 0.3 is 0 Å². The van der Waals surface area contributed by atoms with Crippen LogP contribution in [0.15, 0.2) is 24.3 Å². The largest absolute Gasteiger partial charge is 0.508 e. The zero-order valence-corrected chi connectivity index (χ0v) is 18.7. The molecule has 0 bridgehead atoms. The van der Waals surface area contributed by atoms with Crippen LogP contribution in [0.1, 0.15) is 99.3 Å². The van der Waals surface area contributed by atoms with Crippen LogP contribution in [0, 0.1) is 13.8 Å². The van der Waals surface area contributed by atoms with E-state index in [9.17, 15) is 20.4 Å². The average molecular weight is 415 g/mol. The van der Waals surface area contributed by atoms with Crippen LogP contribution in [-0.2, 0) is 0 Å². The summed E-state index contributed by atoms with van der Waals surface area (Å²) in [6.07, 6.45) is 11.7. The predicted octanol–water partition coefficient (Wildman–Crippen LogP) is 7.18. The Morgan fingerprint density at radius 2 is 0.967 bits per heavy atom. The molecule has 4 heteroatoms. The summed E-state index contributed by atoms with van der Waals surface area (Å²) in [6.45, 7) is 5.71. The van der Waals surface area contributed by atoms with Gasteiger partial charge in [-0.15, -0.1) is 0 Å². The fourth-order valence-corrected chi connectivity index (χ4v) is 4.09. The van der Waals surface area contributed by atoms with Gasteiger partial charge in [-0.3, -0.25) is 0 Å². The Balaban J connectivity index is 2.10. The molecule has 0 fully saturated rings. The molecular formula is C26H38O4. The Morgan fingerprint density at radius 3 is 1.40 bits per heavy atom. The number of aryl methyl sites for hydroxylation is 2. The maximum Gasteiger partial charge on any atom is 0.119 e. The first-order valence-corrected chi connectivity index (χ1v) is 11.4. The summed E-state index contributed by atoms with van der Waals surface area (Å²) in [7, 11) is 0. The van der Waals surface area contributed by atoms with Crippen molar-refractivity contribution < 1.29 is 20.4 Å². The standard InChI is InChI=1S/C26H38O4/c1-4-5-6-7-8-9-10-11-12-13-20(21-16-23(27)18(2)14-25(21)29)22-17-24(28)19(3)15-26(22)30/h14-17,20,27-30H,4-13H2,1-3H3. The summed E-state index contributed by atoms with van der Waals surface area (Å²) in [5.41, 5.74) is 2.37. The first-order valence-electron chi connectivity index (χ1n) is 11.4. The Bertz CT molecular complexity index is 756. The van der Waals surface area contributed by atoms with Gasteiger partial charge in [0.15, 0.2) is 0 Å². The summed E-state index contributed by atoms with van der Waals surface area (Å²) in [5.74, 6) is 0.148. The van der Waals surface area contributed by atoms with Crippen LogP contribution in [0.25, 0.3) is 0 Å². The summed E-state index contributed by atoms with van der Waals surface area (Å²) in [5, 5.41) is 41.5. The SMILES string of the molecule is CCCCCCCCCCCC(c1cc(O)c(C)cc1O)c1cc(O)c(C)cc1O. The monoisotopic (exact) mass is 414 g/mol. The van der Waals surface area contributed by atoms with Gasteiger partial charge in [-0.2, -0.15) is 0 Å². The van der Waals surface area contributed by atoms with Crippen molar-refractivity contribution in [3.05, 3.63) is 46.5 Å². The van der Waals surface area contributed by atoms with Gasteiger partial charge in [0.1, 0.15) is 23.0 Å². The molecule has 0 aliphatic carbocycles. The molecule has 0 unspecified atom stereocenters. The number of hydrogen-bond donors (Lipinski definition) is 4. The molecule has 2 aromatic rings. The smallest absolute Gasteiger partial charge is 0.119 e. The third-order valence-corrected chi connectivity index (χ3v) is 6.04. The Labute approximate surface area is 181 Å². The van der Waals surface area contributed by atoms with Crippen molar-refractivity contribution in [2.24, 2.45) is 0 Å². The fourth-order valence-electron chi connectivity index (χ4n) is 4.09. The van der Waals surface area contributed by atoms with Gasteiger partial charge in [-0.1, -0.05) is 64.7 Å². The molecule has 4 nitrogen and oxygen atoms in total. The molecule has 4 N–H and O–H groups in total. The van der Waals surface area contributed by atoms with E-state index < -0.39 is 0 Å². The highest BCUT2D eigenvalue weighted by Crippen LogP contribution is 2.43. The topological polar surface area (TPSA) is 80.9 Å². The van der Waals surface area contributed by atoms with Gasteiger partial charge in [0.05, 0.1) is 0 Å². The molecule has 0 aromatic heterocycles. The minimum absolute atomic E-state index is 0.102. The minimum atomic E-state index is -0.299. The molecular weight excluding hydrogens is 376 g/mol. The second-order valence-electron chi connectivity index (χ2n) is 8.56. The minimum Gasteiger partial charge on any atom is -0.508 e. The third-order valence-electron chi connectivity index (χ3n) is 6.04. The predicted molar refractivity (Wildman–Crippen MR) is 123 cm³/mol. The molecule has 2 aromatic carbocycles. The van der Waals surface area contributed by atoms with Gasteiger partial charge in [0, 0.05) is 17.0 Å². The van der Waals surface area contributed by atoms with Crippen LogP contribution in [-0.4, -0.2) is 20.4 Å². The lowest BCUT2D eigenvalue weighted by Crippen LogP contribution is -2.03. The molecule has 2 rings (SSSR count). The number of aromatic hydroxyl groups is 4.